The van der Waals surface area contributed by atoms with E-state index in [1.165, 1.54) is 5.56 Å². The molecule has 2 rings (SSSR count). The average molecular weight is 319 g/mol. The van der Waals surface area contributed by atoms with Crippen LogP contribution in [0, 0.1) is 0 Å². The fraction of sp³-hybridized carbons (Fsp3) is 0.632. The van der Waals surface area contributed by atoms with Gasteiger partial charge in [0.2, 0.25) is 5.91 Å². The molecule has 23 heavy (non-hydrogen) atoms. The van der Waals surface area contributed by atoms with E-state index in [1.807, 2.05) is 12.1 Å². The third-order valence-electron chi connectivity index (χ3n) is 4.36. The molecule has 4 nitrogen and oxygen atoms in total. The summed E-state index contributed by atoms with van der Waals surface area (Å²) in [4.78, 5) is 11.8. The van der Waals surface area contributed by atoms with Crippen LogP contribution in [0.4, 0.5) is 0 Å². The second-order valence-corrected chi connectivity index (χ2v) is 7.40. The Bertz CT molecular complexity index is 504. The van der Waals surface area contributed by atoms with Gasteiger partial charge >= 0.3 is 0 Å². The third-order valence-corrected chi connectivity index (χ3v) is 4.36. The fourth-order valence-electron chi connectivity index (χ4n) is 2.86. The summed E-state index contributed by atoms with van der Waals surface area (Å²) in [5, 5.41) is 12.6. The van der Waals surface area contributed by atoms with Crippen molar-refractivity contribution < 1.29 is 14.6 Å². The first kappa shape index (κ1) is 17.8. The smallest absolute Gasteiger partial charge is 0.220 e. The number of carbonyl (C=O) groups is 1. The van der Waals surface area contributed by atoms with Crippen molar-refractivity contribution in [3.8, 4) is 5.75 Å². The quantitative estimate of drug-likeness (QED) is 0.792. The van der Waals surface area contributed by atoms with Crippen LogP contribution in [0.15, 0.2) is 24.3 Å². The van der Waals surface area contributed by atoms with Crippen LogP contribution in [0.25, 0.3) is 0 Å². The Morgan fingerprint density at radius 1 is 1.26 bits per heavy atom. The Hall–Kier alpha value is -1.55. The summed E-state index contributed by atoms with van der Waals surface area (Å²) in [5.74, 6) is 0.840. The first-order valence-electron chi connectivity index (χ1n) is 8.57. The third kappa shape index (κ3) is 5.54. The molecule has 1 aromatic carbocycles. The molecular formula is C19H29NO3. The molecule has 1 saturated carbocycles. The van der Waals surface area contributed by atoms with Crippen molar-refractivity contribution in [3.63, 3.8) is 0 Å². The van der Waals surface area contributed by atoms with Gasteiger partial charge in [0.1, 0.15) is 5.75 Å². The van der Waals surface area contributed by atoms with Crippen LogP contribution in [0.1, 0.15) is 58.4 Å². The summed E-state index contributed by atoms with van der Waals surface area (Å²) in [5.41, 5.74) is 1.42. The monoisotopic (exact) mass is 319 g/mol. The number of hydrogen-bond donors (Lipinski definition) is 2. The zero-order chi connectivity index (χ0) is 16.9. The van der Waals surface area contributed by atoms with Crippen molar-refractivity contribution in [2.75, 3.05) is 6.61 Å². The number of benzene rings is 1. The predicted octanol–water partition coefficient (Wildman–Crippen LogP) is 3.17. The van der Waals surface area contributed by atoms with E-state index >= 15 is 0 Å². The van der Waals surface area contributed by atoms with Gasteiger partial charge in [-0.3, -0.25) is 4.79 Å². The van der Waals surface area contributed by atoms with Gasteiger partial charge in [0.25, 0.3) is 0 Å². The van der Waals surface area contributed by atoms with Crippen LogP contribution in [-0.2, 0) is 10.2 Å². The number of amides is 1. The topological polar surface area (TPSA) is 58.6 Å². The number of carbonyl (C=O) groups excluding carboxylic acids is 1. The highest BCUT2D eigenvalue weighted by atomic mass is 16.5. The lowest BCUT2D eigenvalue weighted by Crippen LogP contribution is -2.39. The summed E-state index contributed by atoms with van der Waals surface area (Å²) in [6, 6.07) is 8.08. The molecule has 0 radical (unpaired) electrons. The van der Waals surface area contributed by atoms with Crippen molar-refractivity contribution in [1.29, 1.82) is 0 Å². The number of hydrogen-bond acceptors (Lipinski definition) is 3. The molecule has 2 unspecified atom stereocenters. The maximum absolute atomic E-state index is 11.8. The highest BCUT2D eigenvalue weighted by molar-refractivity contribution is 5.76. The summed E-state index contributed by atoms with van der Waals surface area (Å²) in [7, 11) is 0. The van der Waals surface area contributed by atoms with E-state index in [-0.39, 0.29) is 23.5 Å². The van der Waals surface area contributed by atoms with Gasteiger partial charge < -0.3 is 15.2 Å². The van der Waals surface area contributed by atoms with Crippen LogP contribution in [0.3, 0.4) is 0 Å². The highest BCUT2D eigenvalue weighted by Gasteiger charge is 2.26. The van der Waals surface area contributed by atoms with Gasteiger partial charge in [-0.15, -0.1) is 0 Å². The van der Waals surface area contributed by atoms with Crippen molar-refractivity contribution in [2.45, 2.75) is 70.4 Å². The van der Waals surface area contributed by atoms with Crippen LogP contribution in [0.5, 0.6) is 5.75 Å². The zero-order valence-corrected chi connectivity index (χ0v) is 14.5. The lowest BCUT2D eigenvalue weighted by molar-refractivity contribution is -0.122. The summed E-state index contributed by atoms with van der Waals surface area (Å²) in [6.07, 6.45) is 3.39. The predicted molar refractivity (Wildman–Crippen MR) is 91.7 cm³/mol. The first-order valence-corrected chi connectivity index (χ1v) is 8.57. The Labute approximate surface area is 139 Å². The molecule has 4 heteroatoms. The number of aliphatic hydroxyl groups is 1. The number of rotatable bonds is 6. The summed E-state index contributed by atoms with van der Waals surface area (Å²) in [6.45, 7) is 7.07. The normalized spacial score (nSPS) is 21.2. The molecular weight excluding hydrogens is 290 g/mol. The van der Waals surface area contributed by atoms with Gasteiger partial charge in [-0.05, 0) is 48.8 Å². The molecule has 128 valence electrons. The Kier molecular flexibility index (Phi) is 6.05. The maximum Gasteiger partial charge on any atom is 0.220 e. The van der Waals surface area contributed by atoms with E-state index < -0.39 is 0 Å². The number of ether oxygens (including phenoxy) is 1. The second kappa shape index (κ2) is 7.82. The number of nitrogens with one attached hydrogen (secondary N) is 1. The molecule has 2 atom stereocenters. The molecule has 1 fully saturated rings. The zero-order valence-electron chi connectivity index (χ0n) is 14.5. The van der Waals surface area contributed by atoms with E-state index in [9.17, 15) is 9.90 Å². The van der Waals surface area contributed by atoms with E-state index in [4.69, 9.17) is 4.74 Å². The molecule has 2 N–H and O–H groups in total. The van der Waals surface area contributed by atoms with Crippen LogP contribution in [0.2, 0.25) is 0 Å². The Morgan fingerprint density at radius 3 is 2.52 bits per heavy atom. The molecule has 0 saturated heterocycles. The van der Waals surface area contributed by atoms with E-state index in [0.29, 0.717) is 19.4 Å². The largest absolute Gasteiger partial charge is 0.494 e. The first-order chi connectivity index (χ1) is 10.9. The molecule has 0 heterocycles. The Morgan fingerprint density at radius 2 is 1.96 bits per heavy atom. The summed E-state index contributed by atoms with van der Waals surface area (Å²) < 4.78 is 5.69. The van der Waals surface area contributed by atoms with Gasteiger partial charge in [0, 0.05) is 6.42 Å². The molecule has 1 aromatic rings. The lowest BCUT2D eigenvalue weighted by Gasteiger charge is -2.19. The fourth-order valence-corrected chi connectivity index (χ4v) is 2.86. The minimum Gasteiger partial charge on any atom is -0.494 e. The van der Waals surface area contributed by atoms with Crippen molar-refractivity contribution in [2.24, 2.45) is 0 Å². The van der Waals surface area contributed by atoms with Gasteiger partial charge in [-0.1, -0.05) is 32.9 Å². The van der Waals surface area contributed by atoms with Crippen LogP contribution < -0.4 is 10.1 Å². The van der Waals surface area contributed by atoms with Gasteiger partial charge in [0.15, 0.2) is 0 Å². The average Bonchev–Trinajstić information content (AvgIpc) is 2.88. The highest BCUT2D eigenvalue weighted by Crippen LogP contribution is 2.24. The van der Waals surface area contributed by atoms with Crippen LogP contribution in [-0.4, -0.2) is 29.8 Å². The van der Waals surface area contributed by atoms with Crippen molar-refractivity contribution in [1.82, 2.24) is 5.32 Å². The second-order valence-electron chi connectivity index (χ2n) is 7.40. The van der Waals surface area contributed by atoms with Gasteiger partial charge in [-0.25, -0.2) is 0 Å². The Balaban J connectivity index is 1.66. The molecule has 1 aliphatic carbocycles. The van der Waals surface area contributed by atoms with E-state index in [2.05, 4.69) is 38.2 Å². The molecule has 0 bridgehead atoms. The van der Waals surface area contributed by atoms with Gasteiger partial charge in [-0.2, -0.15) is 0 Å². The SMILES string of the molecule is CC(C)(C)c1ccc(OCCCC(=O)NC2CCCC2O)cc1. The van der Waals surface area contributed by atoms with E-state index in [1.54, 1.807) is 0 Å². The minimum atomic E-state index is -0.378. The standard InChI is InChI=1S/C19H29NO3/c1-19(2,3)14-9-11-15(12-10-14)23-13-5-8-18(22)20-16-6-4-7-17(16)21/h9-12,16-17,21H,4-8,13H2,1-3H3,(H,20,22). The van der Waals surface area contributed by atoms with Crippen molar-refractivity contribution >= 4 is 5.91 Å². The number of aliphatic hydroxyl groups excluding tert-OH is 1. The van der Waals surface area contributed by atoms with Crippen LogP contribution >= 0.6 is 0 Å². The maximum atomic E-state index is 11.8. The molecule has 0 spiro atoms. The molecule has 0 aliphatic heterocycles. The lowest BCUT2D eigenvalue weighted by atomic mass is 9.87. The van der Waals surface area contributed by atoms with Gasteiger partial charge in [0.05, 0.1) is 18.8 Å². The van der Waals surface area contributed by atoms with E-state index in [0.717, 1.165) is 25.0 Å². The minimum absolute atomic E-state index is 0.00244. The molecule has 1 aliphatic rings. The van der Waals surface area contributed by atoms with Crippen molar-refractivity contribution in [3.05, 3.63) is 29.8 Å². The molecule has 1 amide bonds. The summed E-state index contributed by atoms with van der Waals surface area (Å²) >= 11 is 0. The molecule has 0 aromatic heterocycles.